The van der Waals surface area contributed by atoms with Crippen LogP contribution in [0.4, 0.5) is 4.79 Å². The van der Waals surface area contributed by atoms with Gasteiger partial charge in [0.05, 0.1) is 0 Å². The molecule has 0 saturated carbocycles. The minimum atomic E-state index is -2.38. The van der Waals surface area contributed by atoms with Gasteiger partial charge in [-0.2, -0.15) is 0 Å². The van der Waals surface area contributed by atoms with E-state index in [1.165, 1.54) is 25.1 Å². The van der Waals surface area contributed by atoms with E-state index in [9.17, 15) is 4.79 Å². The van der Waals surface area contributed by atoms with Crippen molar-refractivity contribution < 1.29 is 14.1 Å². The first-order chi connectivity index (χ1) is 7.88. The molecule has 0 aromatic heterocycles. The highest BCUT2D eigenvalue weighted by molar-refractivity contribution is 8.81. The Balaban J connectivity index is 4.79. The highest BCUT2D eigenvalue weighted by Gasteiger charge is 2.32. The fourth-order valence-corrected chi connectivity index (χ4v) is 4.36. The van der Waals surface area contributed by atoms with Gasteiger partial charge in [-0.1, -0.05) is 11.8 Å². The first kappa shape index (κ1) is 17.2. The van der Waals surface area contributed by atoms with E-state index in [2.05, 4.69) is 10.0 Å². The number of ether oxygens (including phenoxy) is 1. The van der Waals surface area contributed by atoms with Crippen LogP contribution in [0.1, 0.15) is 0 Å². The van der Waals surface area contributed by atoms with Crippen molar-refractivity contribution in [3.8, 4) is 0 Å². The molecule has 0 aromatic carbocycles. The first-order valence-corrected chi connectivity index (χ1v) is 9.87. The zero-order valence-corrected chi connectivity index (χ0v) is 13.3. The third-order valence-corrected chi connectivity index (χ3v) is 6.72. The van der Waals surface area contributed by atoms with Gasteiger partial charge in [-0.25, -0.2) is 4.79 Å². The van der Waals surface area contributed by atoms with Crippen LogP contribution in [0.25, 0.3) is 0 Å². The van der Waals surface area contributed by atoms with Crippen LogP contribution in [0.3, 0.4) is 0 Å². The van der Waals surface area contributed by atoms with E-state index >= 15 is 0 Å². The van der Waals surface area contributed by atoms with Crippen molar-refractivity contribution in [3.63, 3.8) is 0 Å². The van der Waals surface area contributed by atoms with Crippen molar-refractivity contribution in [1.29, 1.82) is 5.41 Å². The van der Waals surface area contributed by atoms with E-state index < -0.39 is 18.2 Å². The molecule has 100 valence electrons. The zero-order chi connectivity index (χ0) is 13.5. The standard InChI is InChI=1S/C7H16N3O3PS3/c1-9-7(11)13-6(14(4,15)12-3)5(8)16-17-10-2/h6,8,10H,1-4H3,(H,9,11). The van der Waals surface area contributed by atoms with Gasteiger partial charge in [0.2, 0.25) is 5.85 Å². The van der Waals surface area contributed by atoms with Gasteiger partial charge in [0.15, 0.2) is 0 Å². The van der Waals surface area contributed by atoms with Gasteiger partial charge in [-0.05, 0) is 35.5 Å². The molecule has 2 unspecified atom stereocenters. The van der Waals surface area contributed by atoms with Crippen LogP contribution >= 0.6 is 28.0 Å². The van der Waals surface area contributed by atoms with Gasteiger partial charge in [-0.3, -0.25) is 10.1 Å². The molecule has 1 amide bonds. The first-order valence-electron chi connectivity index (χ1n) is 4.49. The second-order valence-corrected chi connectivity index (χ2v) is 9.84. The van der Waals surface area contributed by atoms with Crippen LogP contribution in [-0.2, 0) is 21.1 Å². The Kier molecular flexibility index (Phi) is 8.44. The molecule has 0 aliphatic carbocycles. The van der Waals surface area contributed by atoms with Gasteiger partial charge in [0, 0.05) is 14.2 Å². The molecule has 2 atom stereocenters. The number of alkyl carbamates (subject to hydrolysis) is 1. The zero-order valence-electron chi connectivity index (χ0n) is 9.97. The summed E-state index contributed by atoms with van der Waals surface area (Å²) in [5, 5.41) is 10.3. The van der Waals surface area contributed by atoms with E-state index in [0.717, 1.165) is 10.8 Å². The number of rotatable bonds is 6. The summed E-state index contributed by atoms with van der Waals surface area (Å²) in [5.74, 6) is -0.826. The van der Waals surface area contributed by atoms with Crippen LogP contribution in [0.5, 0.6) is 0 Å². The molecule has 0 aliphatic heterocycles. The summed E-state index contributed by atoms with van der Waals surface area (Å²) in [5.41, 5.74) is 0. The maximum Gasteiger partial charge on any atom is 0.408 e. The van der Waals surface area contributed by atoms with Crippen molar-refractivity contribution in [2.45, 2.75) is 5.85 Å². The summed E-state index contributed by atoms with van der Waals surface area (Å²) in [6.45, 7) is 1.69. The lowest BCUT2D eigenvalue weighted by molar-refractivity contribution is 0.151. The van der Waals surface area contributed by atoms with Crippen LogP contribution in [-0.4, -0.2) is 44.9 Å². The minimum Gasteiger partial charge on any atom is -0.431 e. The number of amides is 1. The minimum absolute atomic E-state index is 0.153. The summed E-state index contributed by atoms with van der Waals surface area (Å²) in [6.07, 6.45) is -3.01. The Labute approximate surface area is 114 Å². The molecule has 0 aliphatic rings. The van der Waals surface area contributed by atoms with E-state index in [1.807, 2.05) is 0 Å². The highest BCUT2D eigenvalue weighted by atomic mass is 33.1. The molecule has 0 saturated heterocycles. The lowest BCUT2D eigenvalue weighted by Crippen LogP contribution is -2.30. The maximum atomic E-state index is 11.2. The third kappa shape index (κ3) is 6.08. The molecule has 0 heterocycles. The molecule has 0 fully saturated rings. The lowest BCUT2D eigenvalue weighted by Gasteiger charge is -2.25. The molecule has 10 heteroatoms. The summed E-state index contributed by atoms with van der Waals surface area (Å²) >= 11 is 5.26. The predicted octanol–water partition coefficient (Wildman–Crippen LogP) is 1.83. The lowest BCUT2D eigenvalue weighted by atomic mass is 10.8. The van der Waals surface area contributed by atoms with Gasteiger partial charge < -0.3 is 14.6 Å². The van der Waals surface area contributed by atoms with Crippen LogP contribution < -0.4 is 10.0 Å². The molecule has 0 aromatic rings. The number of nitrogens with one attached hydrogen (secondary N) is 3. The van der Waals surface area contributed by atoms with Crippen molar-refractivity contribution in [2.75, 3.05) is 27.9 Å². The molecule has 3 N–H and O–H groups in total. The molecular formula is C7H16N3O3PS3. The van der Waals surface area contributed by atoms with Crippen LogP contribution in [0, 0.1) is 5.41 Å². The van der Waals surface area contributed by atoms with Crippen molar-refractivity contribution >= 4 is 51.0 Å². The fraction of sp³-hybridized carbons (Fsp3) is 0.714. The van der Waals surface area contributed by atoms with E-state index in [-0.39, 0.29) is 5.04 Å². The second-order valence-electron chi connectivity index (χ2n) is 2.83. The van der Waals surface area contributed by atoms with Gasteiger partial charge in [0.25, 0.3) is 0 Å². The van der Waals surface area contributed by atoms with Crippen LogP contribution in [0.15, 0.2) is 0 Å². The largest absolute Gasteiger partial charge is 0.431 e. The fourth-order valence-electron chi connectivity index (χ4n) is 0.746. The summed E-state index contributed by atoms with van der Waals surface area (Å²) < 4.78 is 13.1. The Morgan fingerprint density at radius 3 is 2.53 bits per heavy atom. The molecular weight excluding hydrogens is 301 g/mol. The monoisotopic (exact) mass is 317 g/mol. The predicted molar refractivity (Wildman–Crippen MR) is 78.5 cm³/mol. The molecule has 0 rings (SSSR count). The topological polar surface area (TPSA) is 83.4 Å². The average Bonchev–Trinajstić information content (AvgIpc) is 2.32. The maximum absolute atomic E-state index is 11.2. The Bertz CT molecular complexity index is 329. The number of carbonyl (C=O) groups excluding carboxylic acids is 1. The Morgan fingerprint density at radius 1 is 1.53 bits per heavy atom. The average molecular weight is 317 g/mol. The molecule has 0 spiro atoms. The molecule has 6 nitrogen and oxygen atoms in total. The van der Waals surface area contributed by atoms with Crippen molar-refractivity contribution in [1.82, 2.24) is 10.0 Å². The SMILES string of the molecule is CNSSC(=N)C(OC(=O)NC)P(C)(=S)OC. The highest BCUT2D eigenvalue weighted by Crippen LogP contribution is 2.50. The van der Waals surface area contributed by atoms with Crippen molar-refractivity contribution in [3.05, 3.63) is 0 Å². The summed E-state index contributed by atoms with van der Waals surface area (Å²) in [6, 6.07) is 0. The summed E-state index contributed by atoms with van der Waals surface area (Å²) in [4.78, 5) is 11.2. The van der Waals surface area contributed by atoms with E-state index in [1.54, 1.807) is 13.7 Å². The molecule has 17 heavy (non-hydrogen) atoms. The quantitative estimate of drug-likeness (QED) is 0.227. The Morgan fingerprint density at radius 2 is 2.12 bits per heavy atom. The van der Waals surface area contributed by atoms with E-state index in [0.29, 0.717) is 0 Å². The molecule has 0 bridgehead atoms. The number of hydrogen-bond donors (Lipinski definition) is 3. The number of hydrogen-bond acceptors (Lipinski definition) is 8. The third-order valence-electron chi connectivity index (χ3n) is 1.65. The smallest absolute Gasteiger partial charge is 0.408 e. The van der Waals surface area contributed by atoms with Gasteiger partial charge in [0.1, 0.15) is 11.3 Å². The normalized spacial score (nSPS) is 15.8. The van der Waals surface area contributed by atoms with Crippen LogP contribution in [0.2, 0.25) is 0 Å². The summed E-state index contributed by atoms with van der Waals surface area (Å²) in [7, 11) is 7.04. The Hall–Kier alpha value is 0.210. The number of carbonyl (C=O) groups is 1. The van der Waals surface area contributed by atoms with Gasteiger partial charge >= 0.3 is 6.09 Å². The van der Waals surface area contributed by atoms with E-state index in [4.69, 9.17) is 26.5 Å². The van der Waals surface area contributed by atoms with Crippen molar-refractivity contribution in [2.24, 2.45) is 0 Å². The molecule has 0 radical (unpaired) electrons. The van der Waals surface area contributed by atoms with Gasteiger partial charge in [-0.15, -0.1) is 0 Å². The second kappa shape index (κ2) is 8.34.